The van der Waals surface area contributed by atoms with Crippen LogP contribution in [0.2, 0.25) is 0 Å². The molecule has 0 spiro atoms. The first-order chi connectivity index (χ1) is 11.1. The van der Waals surface area contributed by atoms with E-state index in [4.69, 9.17) is 14.2 Å². The van der Waals surface area contributed by atoms with E-state index in [-0.39, 0.29) is 17.8 Å². The fourth-order valence-electron chi connectivity index (χ4n) is 2.28. The zero-order valence-electron chi connectivity index (χ0n) is 13.4. The normalized spacial score (nSPS) is 19.1. The maximum Gasteiger partial charge on any atom is 0.248 e. The van der Waals surface area contributed by atoms with Crippen molar-refractivity contribution < 1.29 is 23.4 Å². The number of hydrogen-bond donors (Lipinski definition) is 1. The van der Waals surface area contributed by atoms with E-state index in [9.17, 15) is 9.18 Å². The van der Waals surface area contributed by atoms with Crippen molar-refractivity contribution in [3.05, 3.63) is 30.1 Å². The molecule has 1 fully saturated rings. The molecule has 6 heteroatoms. The number of amides is 1. The Morgan fingerprint density at radius 1 is 1.39 bits per heavy atom. The van der Waals surface area contributed by atoms with Gasteiger partial charge in [0, 0.05) is 6.61 Å². The first kappa shape index (κ1) is 17.7. The lowest BCUT2D eigenvalue weighted by atomic mass is 10.1. The van der Waals surface area contributed by atoms with E-state index in [0.29, 0.717) is 25.5 Å². The largest absolute Gasteiger partial charge is 0.492 e. The highest BCUT2D eigenvalue weighted by Gasteiger charge is 2.18. The topological polar surface area (TPSA) is 56.8 Å². The minimum Gasteiger partial charge on any atom is -0.492 e. The average molecular weight is 325 g/mol. The molecule has 5 nitrogen and oxygen atoms in total. The molecule has 0 aliphatic carbocycles. The van der Waals surface area contributed by atoms with Crippen molar-refractivity contribution in [1.29, 1.82) is 0 Å². The number of ether oxygens (including phenoxy) is 3. The Balaban J connectivity index is 1.57. The first-order valence-corrected chi connectivity index (χ1v) is 8.04. The third kappa shape index (κ3) is 6.54. The average Bonchev–Trinajstić information content (AvgIpc) is 2.59. The van der Waals surface area contributed by atoms with Crippen LogP contribution in [0.5, 0.6) is 5.75 Å². The van der Waals surface area contributed by atoms with Crippen LogP contribution in [0.25, 0.3) is 0 Å². The quantitative estimate of drug-likeness (QED) is 0.745. The SMILES string of the molecule is C[C@H](OC[C@H]1CCCCO1)C(=O)NCCOc1ccc(F)cc1. The molecule has 0 bridgehead atoms. The molecule has 0 aromatic heterocycles. The zero-order chi connectivity index (χ0) is 16.5. The molecule has 1 aliphatic rings. The van der Waals surface area contributed by atoms with Gasteiger partial charge in [-0.2, -0.15) is 0 Å². The highest BCUT2D eigenvalue weighted by Crippen LogP contribution is 2.13. The maximum atomic E-state index is 12.7. The Hall–Kier alpha value is -1.66. The summed E-state index contributed by atoms with van der Waals surface area (Å²) < 4.78 is 29.3. The van der Waals surface area contributed by atoms with Crippen molar-refractivity contribution in [2.45, 2.75) is 38.4 Å². The molecule has 1 aromatic rings. The molecule has 128 valence electrons. The highest BCUT2D eigenvalue weighted by molar-refractivity contribution is 5.80. The second-order valence-electron chi connectivity index (χ2n) is 5.56. The van der Waals surface area contributed by atoms with Gasteiger partial charge in [-0.05, 0) is 50.5 Å². The summed E-state index contributed by atoms with van der Waals surface area (Å²) in [7, 11) is 0. The molecule has 0 unspecified atom stereocenters. The summed E-state index contributed by atoms with van der Waals surface area (Å²) in [4.78, 5) is 11.9. The molecule has 1 amide bonds. The summed E-state index contributed by atoms with van der Waals surface area (Å²) in [6.45, 7) is 3.62. The van der Waals surface area contributed by atoms with Gasteiger partial charge in [-0.25, -0.2) is 4.39 Å². The van der Waals surface area contributed by atoms with Crippen molar-refractivity contribution in [2.75, 3.05) is 26.4 Å². The van der Waals surface area contributed by atoms with Gasteiger partial charge in [0.25, 0.3) is 0 Å². The summed E-state index contributed by atoms with van der Waals surface area (Å²) in [5, 5.41) is 2.75. The maximum absolute atomic E-state index is 12.7. The molecule has 0 saturated carbocycles. The minimum absolute atomic E-state index is 0.0980. The van der Waals surface area contributed by atoms with Crippen LogP contribution in [0, 0.1) is 5.82 Å². The Kier molecular flexibility index (Phi) is 7.29. The van der Waals surface area contributed by atoms with E-state index in [1.54, 1.807) is 19.1 Å². The van der Waals surface area contributed by atoms with Gasteiger partial charge in [-0.3, -0.25) is 4.79 Å². The Morgan fingerprint density at radius 2 is 2.17 bits per heavy atom. The van der Waals surface area contributed by atoms with Gasteiger partial charge in [-0.1, -0.05) is 0 Å². The van der Waals surface area contributed by atoms with E-state index < -0.39 is 6.10 Å². The third-order valence-corrected chi connectivity index (χ3v) is 3.66. The van der Waals surface area contributed by atoms with Crippen molar-refractivity contribution in [1.82, 2.24) is 5.32 Å². The van der Waals surface area contributed by atoms with Crippen LogP contribution < -0.4 is 10.1 Å². The molecule has 0 radical (unpaired) electrons. The van der Waals surface area contributed by atoms with Gasteiger partial charge in [0.1, 0.15) is 24.3 Å². The molecule has 2 atom stereocenters. The Labute approximate surface area is 136 Å². The molecule has 1 aliphatic heterocycles. The minimum atomic E-state index is -0.522. The first-order valence-electron chi connectivity index (χ1n) is 8.04. The van der Waals surface area contributed by atoms with E-state index >= 15 is 0 Å². The molecular weight excluding hydrogens is 301 g/mol. The molecule has 1 heterocycles. The van der Waals surface area contributed by atoms with E-state index in [0.717, 1.165) is 25.9 Å². The molecule has 1 aromatic carbocycles. The van der Waals surface area contributed by atoms with Gasteiger partial charge in [0.05, 0.1) is 19.3 Å². The van der Waals surface area contributed by atoms with Crippen molar-refractivity contribution >= 4 is 5.91 Å². The standard InChI is InChI=1S/C17H24FNO4/c1-13(23-12-16-4-2-3-10-21-16)17(20)19-9-11-22-15-7-5-14(18)6-8-15/h5-8,13,16H,2-4,9-12H2,1H3,(H,19,20)/t13-,16+/m0/s1. The second kappa shape index (κ2) is 9.47. The molecule has 1 N–H and O–H groups in total. The number of carbonyl (C=O) groups excluding carboxylic acids is 1. The van der Waals surface area contributed by atoms with E-state index in [1.807, 2.05) is 0 Å². The van der Waals surface area contributed by atoms with Gasteiger partial charge in [-0.15, -0.1) is 0 Å². The number of nitrogens with one attached hydrogen (secondary N) is 1. The van der Waals surface area contributed by atoms with Gasteiger partial charge in [0.15, 0.2) is 0 Å². The summed E-state index contributed by atoms with van der Waals surface area (Å²) in [5.41, 5.74) is 0. The second-order valence-corrected chi connectivity index (χ2v) is 5.56. The predicted molar refractivity (Wildman–Crippen MR) is 83.9 cm³/mol. The van der Waals surface area contributed by atoms with Crippen LogP contribution in [0.3, 0.4) is 0 Å². The van der Waals surface area contributed by atoms with Crippen LogP contribution in [-0.2, 0) is 14.3 Å². The molecular formula is C17H24FNO4. The number of carbonyl (C=O) groups is 1. The van der Waals surface area contributed by atoms with E-state index in [2.05, 4.69) is 5.32 Å². The van der Waals surface area contributed by atoms with Crippen molar-refractivity contribution in [2.24, 2.45) is 0 Å². The lowest BCUT2D eigenvalue weighted by Crippen LogP contribution is -2.38. The van der Waals surface area contributed by atoms with Crippen LogP contribution in [0.1, 0.15) is 26.2 Å². The number of benzene rings is 1. The van der Waals surface area contributed by atoms with Crippen LogP contribution in [0.4, 0.5) is 4.39 Å². The molecule has 1 saturated heterocycles. The highest BCUT2D eigenvalue weighted by atomic mass is 19.1. The van der Waals surface area contributed by atoms with Crippen LogP contribution in [-0.4, -0.2) is 44.5 Å². The lowest BCUT2D eigenvalue weighted by molar-refractivity contribution is -0.135. The fraction of sp³-hybridized carbons (Fsp3) is 0.588. The number of rotatable bonds is 8. The van der Waals surface area contributed by atoms with Gasteiger partial charge >= 0.3 is 0 Å². The summed E-state index contributed by atoms with van der Waals surface area (Å²) in [5.74, 6) is 0.0847. The fourth-order valence-corrected chi connectivity index (χ4v) is 2.28. The van der Waals surface area contributed by atoms with Gasteiger partial charge < -0.3 is 19.5 Å². The molecule has 23 heavy (non-hydrogen) atoms. The summed E-state index contributed by atoms with van der Waals surface area (Å²) >= 11 is 0. The predicted octanol–water partition coefficient (Wildman–Crippen LogP) is 2.29. The number of hydrogen-bond acceptors (Lipinski definition) is 4. The third-order valence-electron chi connectivity index (χ3n) is 3.66. The summed E-state index contributed by atoms with van der Waals surface area (Å²) in [6, 6.07) is 5.76. The van der Waals surface area contributed by atoms with Crippen LogP contribution >= 0.6 is 0 Å². The van der Waals surface area contributed by atoms with Crippen molar-refractivity contribution in [3.8, 4) is 5.75 Å². The van der Waals surface area contributed by atoms with Gasteiger partial charge in [0.2, 0.25) is 5.91 Å². The summed E-state index contributed by atoms with van der Waals surface area (Å²) in [6.07, 6.45) is 2.81. The number of halogens is 1. The molecule has 2 rings (SSSR count). The van der Waals surface area contributed by atoms with E-state index in [1.165, 1.54) is 12.1 Å². The lowest BCUT2D eigenvalue weighted by Gasteiger charge is -2.23. The van der Waals surface area contributed by atoms with Crippen molar-refractivity contribution in [3.63, 3.8) is 0 Å². The Bertz CT molecular complexity index is 474. The Morgan fingerprint density at radius 3 is 2.87 bits per heavy atom. The zero-order valence-corrected chi connectivity index (χ0v) is 13.4. The monoisotopic (exact) mass is 325 g/mol. The van der Waals surface area contributed by atoms with Crippen LogP contribution in [0.15, 0.2) is 24.3 Å². The smallest absolute Gasteiger partial charge is 0.248 e.